The highest BCUT2D eigenvalue weighted by Gasteiger charge is 2.26. The molecule has 0 fully saturated rings. The van der Waals surface area contributed by atoms with Gasteiger partial charge >= 0.3 is 5.97 Å². The molecule has 0 saturated carbocycles. The molecular weight excluding hydrogens is 304 g/mol. The number of carboxylic acid groups (broad SMARTS) is 1. The van der Waals surface area contributed by atoms with Crippen molar-refractivity contribution in [3.8, 4) is 11.5 Å². The van der Waals surface area contributed by atoms with Crippen LogP contribution in [0, 0.1) is 10.8 Å². The van der Waals surface area contributed by atoms with Crippen molar-refractivity contribution in [1.82, 2.24) is 0 Å². The first-order valence-corrected chi connectivity index (χ1v) is 8.69. The molecule has 3 N–H and O–H groups in total. The van der Waals surface area contributed by atoms with Gasteiger partial charge in [-0.3, -0.25) is 4.79 Å². The van der Waals surface area contributed by atoms with Crippen molar-refractivity contribution < 1.29 is 20.1 Å². The van der Waals surface area contributed by atoms with Gasteiger partial charge in [-0.25, -0.2) is 0 Å². The molecule has 0 radical (unpaired) electrons. The summed E-state index contributed by atoms with van der Waals surface area (Å²) in [4.78, 5) is 11.2. The minimum absolute atomic E-state index is 0.0552. The molecule has 0 heterocycles. The molecule has 1 rings (SSSR count). The number of benzene rings is 1. The number of aryl methyl sites for hydroxylation is 1. The van der Waals surface area contributed by atoms with Gasteiger partial charge in [-0.1, -0.05) is 20.8 Å². The second-order valence-corrected chi connectivity index (χ2v) is 8.56. The van der Waals surface area contributed by atoms with Crippen LogP contribution in [0.25, 0.3) is 0 Å². The van der Waals surface area contributed by atoms with E-state index in [2.05, 4.69) is 20.8 Å². The number of hydrogen-bond acceptors (Lipinski definition) is 3. The fourth-order valence-electron chi connectivity index (χ4n) is 2.83. The number of hydrogen-bond donors (Lipinski definition) is 3. The van der Waals surface area contributed by atoms with Crippen molar-refractivity contribution in [1.29, 1.82) is 0 Å². The summed E-state index contributed by atoms with van der Waals surface area (Å²) in [7, 11) is 0. The Labute approximate surface area is 145 Å². The summed E-state index contributed by atoms with van der Waals surface area (Å²) in [6.07, 6.45) is 4.70. The molecule has 4 heteroatoms. The predicted molar refractivity (Wildman–Crippen MR) is 96.5 cm³/mol. The molecule has 0 aliphatic heterocycles. The Morgan fingerprint density at radius 1 is 0.958 bits per heavy atom. The number of aromatic hydroxyl groups is 2. The standard InChI is InChI=1S/C20H32O4/c1-19(2,3)10-7-9-16-14(12-15(21)13-17(16)22)8-6-11-20(4,5)18(23)24/h12-13,21-22H,6-11H2,1-5H3,(H,23,24). The minimum atomic E-state index is -0.799. The van der Waals surface area contributed by atoms with Gasteiger partial charge in [0, 0.05) is 6.07 Å². The second-order valence-electron chi connectivity index (χ2n) is 8.56. The van der Waals surface area contributed by atoms with Crippen LogP contribution in [0.5, 0.6) is 11.5 Å². The lowest BCUT2D eigenvalue weighted by atomic mass is 9.85. The zero-order valence-electron chi connectivity index (χ0n) is 15.6. The van der Waals surface area contributed by atoms with Crippen molar-refractivity contribution in [2.45, 2.75) is 73.1 Å². The quantitative estimate of drug-likeness (QED) is 0.631. The van der Waals surface area contributed by atoms with E-state index in [1.807, 2.05) is 0 Å². The van der Waals surface area contributed by atoms with Gasteiger partial charge in [0.15, 0.2) is 0 Å². The average molecular weight is 336 g/mol. The van der Waals surface area contributed by atoms with E-state index in [4.69, 9.17) is 0 Å². The number of aliphatic carboxylic acids is 1. The zero-order valence-corrected chi connectivity index (χ0v) is 15.6. The SMILES string of the molecule is CC(C)(C)CCCc1c(O)cc(O)cc1CCCC(C)(C)C(=O)O. The molecule has 0 amide bonds. The first kappa shape index (κ1) is 20.3. The van der Waals surface area contributed by atoms with Crippen LogP contribution in [0.3, 0.4) is 0 Å². The van der Waals surface area contributed by atoms with Crippen molar-refractivity contribution in [2.24, 2.45) is 10.8 Å². The Morgan fingerprint density at radius 2 is 1.54 bits per heavy atom. The molecule has 0 aliphatic rings. The maximum absolute atomic E-state index is 11.2. The third kappa shape index (κ3) is 6.42. The molecule has 0 bridgehead atoms. The van der Waals surface area contributed by atoms with Crippen LogP contribution in [0.1, 0.15) is 71.4 Å². The Kier molecular flexibility index (Phi) is 6.70. The van der Waals surface area contributed by atoms with Gasteiger partial charge in [0.2, 0.25) is 0 Å². The fourth-order valence-corrected chi connectivity index (χ4v) is 2.83. The third-order valence-corrected chi connectivity index (χ3v) is 4.48. The molecular formula is C20H32O4. The first-order chi connectivity index (χ1) is 10.9. The monoisotopic (exact) mass is 336 g/mol. The number of carboxylic acids is 1. The Hall–Kier alpha value is -1.71. The van der Waals surface area contributed by atoms with Crippen molar-refractivity contribution >= 4 is 5.97 Å². The average Bonchev–Trinajstić information content (AvgIpc) is 2.39. The molecule has 136 valence electrons. The van der Waals surface area contributed by atoms with Gasteiger partial charge in [-0.05, 0) is 75.0 Å². The van der Waals surface area contributed by atoms with Crippen LogP contribution in [-0.2, 0) is 17.6 Å². The molecule has 0 unspecified atom stereocenters. The first-order valence-electron chi connectivity index (χ1n) is 8.69. The fraction of sp³-hybridized carbons (Fsp3) is 0.650. The highest BCUT2D eigenvalue weighted by Crippen LogP contribution is 2.32. The number of rotatable bonds is 8. The van der Waals surface area contributed by atoms with E-state index in [-0.39, 0.29) is 16.9 Å². The van der Waals surface area contributed by atoms with E-state index in [9.17, 15) is 20.1 Å². The van der Waals surface area contributed by atoms with Crippen molar-refractivity contribution in [3.05, 3.63) is 23.3 Å². The van der Waals surface area contributed by atoms with E-state index in [1.54, 1.807) is 19.9 Å². The molecule has 0 aliphatic carbocycles. The van der Waals surface area contributed by atoms with Crippen LogP contribution in [0.15, 0.2) is 12.1 Å². The molecule has 0 saturated heterocycles. The van der Waals surface area contributed by atoms with Crippen molar-refractivity contribution in [3.63, 3.8) is 0 Å². The molecule has 0 atom stereocenters. The zero-order chi connectivity index (χ0) is 18.5. The largest absolute Gasteiger partial charge is 0.508 e. The smallest absolute Gasteiger partial charge is 0.309 e. The summed E-state index contributed by atoms with van der Waals surface area (Å²) >= 11 is 0. The van der Waals surface area contributed by atoms with E-state index >= 15 is 0 Å². The van der Waals surface area contributed by atoms with Crippen LogP contribution in [0.2, 0.25) is 0 Å². The van der Waals surface area contributed by atoms with E-state index < -0.39 is 11.4 Å². The maximum Gasteiger partial charge on any atom is 0.309 e. The lowest BCUT2D eigenvalue weighted by Gasteiger charge is -2.20. The number of phenols is 2. The highest BCUT2D eigenvalue weighted by molar-refractivity contribution is 5.73. The molecule has 0 aromatic heterocycles. The second kappa shape index (κ2) is 7.91. The lowest BCUT2D eigenvalue weighted by Crippen LogP contribution is -2.23. The Balaban J connectivity index is 2.80. The van der Waals surface area contributed by atoms with Crippen LogP contribution in [-0.4, -0.2) is 21.3 Å². The summed E-state index contributed by atoms with van der Waals surface area (Å²) in [5.74, 6) is -0.609. The van der Waals surface area contributed by atoms with Gasteiger partial charge in [-0.2, -0.15) is 0 Å². The van der Waals surface area contributed by atoms with Gasteiger partial charge in [0.25, 0.3) is 0 Å². The molecule has 24 heavy (non-hydrogen) atoms. The number of carbonyl (C=O) groups is 1. The maximum atomic E-state index is 11.2. The predicted octanol–water partition coefficient (Wildman–Crippen LogP) is 4.90. The normalized spacial score (nSPS) is 12.4. The van der Waals surface area contributed by atoms with Crippen LogP contribution < -0.4 is 0 Å². The molecule has 0 spiro atoms. The summed E-state index contributed by atoms with van der Waals surface area (Å²) < 4.78 is 0. The van der Waals surface area contributed by atoms with Crippen LogP contribution >= 0.6 is 0 Å². The van der Waals surface area contributed by atoms with E-state index in [0.29, 0.717) is 19.3 Å². The summed E-state index contributed by atoms with van der Waals surface area (Å²) in [6.45, 7) is 10.0. The summed E-state index contributed by atoms with van der Waals surface area (Å²) in [5.41, 5.74) is 1.29. The van der Waals surface area contributed by atoms with Gasteiger partial charge < -0.3 is 15.3 Å². The van der Waals surface area contributed by atoms with Gasteiger partial charge in [-0.15, -0.1) is 0 Å². The summed E-state index contributed by atoms with van der Waals surface area (Å²) in [5, 5.41) is 29.2. The Morgan fingerprint density at radius 3 is 2.08 bits per heavy atom. The topological polar surface area (TPSA) is 77.8 Å². The molecule has 1 aromatic rings. The number of phenolic OH excluding ortho intramolecular Hbond substituents is 2. The van der Waals surface area contributed by atoms with E-state index in [1.165, 1.54) is 6.07 Å². The molecule has 4 nitrogen and oxygen atoms in total. The van der Waals surface area contributed by atoms with Crippen LogP contribution in [0.4, 0.5) is 0 Å². The lowest BCUT2D eigenvalue weighted by molar-refractivity contribution is -0.147. The van der Waals surface area contributed by atoms with E-state index in [0.717, 1.165) is 30.4 Å². The minimum Gasteiger partial charge on any atom is -0.508 e. The van der Waals surface area contributed by atoms with Crippen molar-refractivity contribution in [2.75, 3.05) is 0 Å². The highest BCUT2D eigenvalue weighted by atomic mass is 16.4. The Bertz CT molecular complexity index is 568. The third-order valence-electron chi connectivity index (χ3n) is 4.48. The molecule has 1 aromatic carbocycles. The van der Waals surface area contributed by atoms with Gasteiger partial charge in [0.05, 0.1) is 5.41 Å². The summed E-state index contributed by atoms with van der Waals surface area (Å²) in [6, 6.07) is 3.08. The van der Waals surface area contributed by atoms with Gasteiger partial charge in [0.1, 0.15) is 11.5 Å².